The van der Waals surface area contributed by atoms with Gasteiger partial charge in [-0.3, -0.25) is 4.79 Å². The largest absolute Gasteiger partial charge is 0.486 e. The number of halogens is 2. The second-order valence-electron chi connectivity index (χ2n) is 5.45. The number of rotatable bonds is 1. The number of carbonyl (C=O) groups is 1. The molecule has 0 aliphatic carbocycles. The Morgan fingerprint density at radius 1 is 1.16 bits per heavy atom. The molecule has 0 bridgehead atoms. The predicted molar refractivity (Wildman–Crippen MR) is 98.1 cm³/mol. The van der Waals surface area contributed by atoms with Crippen molar-refractivity contribution in [2.24, 2.45) is 12.0 Å². The van der Waals surface area contributed by atoms with Crippen LogP contribution < -0.4 is 14.3 Å². The number of nitrogens with zero attached hydrogens (tertiary/aromatic N) is 2. The average Bonchev–Trinajstić information content (AvgIpc) is 2.88. The lowest BCUT2D eigenvalue weighted by molar-refractivity contribution is 0.0998. The minimum absolute atomic E-state index is 0.280. The molecule has 0 saturated heterocycles. The zero-order valence-corrected chi connectivity index (χ0v) is 15.4. The first kappa shape index (κ1) is 16.4. The molecule has 1 amide bonds. The minimum Gasteiger partial charge on any atom is -0.486 e. The summed E-state index contributed by atoms with van der Waals surface area (Å²) in [6, 6.07) is 8.53. The number of aromatic nitrogens is 1. The number of benzene rings is 2. The Hall–Kier alpha value is -2.02. The zero-order valence-electron chi connectivity index (χ0n) is 13.1. The first-order chi connectivity index (χ1) is 12.0. The summed E-state index contributed by atoms with van der Waals surface area (Å²) >= 11 is 13.4. The van der Waals surface area contributed by atoms with Crippen molar-refractivity contribution in [2.75, 3.05) is 13.2 Å². The fourth-order valence-electron chi connectivity index (χ4n) is 2.58. The Kier molecular flexibility index (Phi) is 4.19. The first-order valence-corrected chi connectivity index (χ1v) is 9.03. The van der Waals surface area contributed by atoms with Crippen molar-refractivity contribution in [2.45, 2.75) is 0 Å². The SMILES string of the molecule is Cn1c(=NC(=O)c2ccc(Cl)cc2Cl)sc2cc3c(cc21)OCCO3. The Morgan fingerprint density at radius 2 is 1.88 bits per heavy atom. The van der Waals surface area contributed by atoms with Crippen LogP contribution >= 0.6 is 34.5 Å². The summed E-state index contributed by atoms with van der Waals surface area (Å²) in [6.45, 7) is 1.05. The number of carbonyl (C=O) groups excluding carboxylic acids is 1. The first-order valence-electron chi connectivity index (χ1n) is 7.46. The van der Waals surface area contributed by atoms with Crippen LogP contribution in [-0.4, -0.2) is 23.7 Å². The van der Waals surface area contributed by atoms with E-state index in [0.29, 0.717) is 40.1 Å². The predicted octanol–water partition coefficient (Wildman–Crippen LogP) is 4.06. The van der Waals surface area contributed by atoms with E-state index >= 15 is 0 Å². The van der Waals surface area contributed by atoms with Crippen LogP contribution in [0, 0.1) is 0 Å². The van der Waals surface area contributed by atoms with Gasteiger partial charge in [0.1, 0.15) is 13.2 Å². The second kappa shape index (κ2) is 6.37. The van der Waals surface area contributed by atoms with Crippen molar-refractivity contribution >= 4 is 50.7 Å². The lowest BCUT2D eigenvalue weighted by Crippen LogP contribution is -2.15. The normalized spacial score (nSPS) is 14.1. The number of fused-ring (bicyclic) bond motifs is 2. The van der Waals surface area contributed by atoms with Crippen LogP contribution in [0.5, 0.6) is 11.5 Å². The topological polar surface area (TPSA) is 52.8 Å². The molecule has 8 heteroatoms. The third-order valence-electron chi connectivity index (χ3n) is 3.83. The Balaban J connectivity index is 1.81. The van der Waals surface area contributed by atoms with E-state index in [-0.39, 0.29) is 5.02 Å². The Morgan fingerprint density at radius 3 is 2.60 bits per heavy atom. The molecular weight excluding hydrogens is 383 g/mol. The summed E-state index contributed by atoms with van der Waals surface area (Å²) in [7, 11) is 1.85. The van der Waals surface area contributed by atoms with Gasteiger partial charge in [-0.2, -0.15) is 4.99 Å². The molecule has 0 fully saturated rings. The van der Waals surface area contributed by atoms with E-state index in [4.69, 9.17) is 32.7 Å². The molecule has 0 unspecified atom stereocenters. The molecule has 2 heterocycles. The summed E-state index contributed by atoms with van der Waals surface area (Å²) in [5, 5.41) is 0.752. The van der Waals surface area contributed by atoms with Gasteiger partial charge in [-0.1, -0.05) is 34.5 Å². The third kappa shape index (κ3) is 3.01. The highest BCUT2D eigenvalue weighted by Crippen LogP contribution is 2.35. The molecule has 0 saturated carbocycles. The molecule has 2 aromatic carbocycles. The molecule has 25 heavy (non-hydrogen) atoms. The number of amides is 1. The van der Waals surface area contributed by atoms with E-state index in [1.807, 2.05) is 23.7 Å². The number of ether oxygens (including phenoxy) is 2. The summed E-state index contributed by atoms with van der Waals surface area (Å²) in [4.78, 5) is 17.3. The van der Waals surface area contributed by atoms with E-state index in [1.165, 1.54) is 17.4 Å². The number of hydrogen-bond acceptors (Lipinski definition) is 4. The minimum atomic E-state index is -0.416. The van der Waals surface area contributed by atoms with Crippen LogP contribution in [0.4, 0.5) is 0 Å². The number of hydrogen-bond donors (Lipinski definition) is 0. The molecule has 1 aliphatic heterocycles. The van der Waals surface area contributed by atoms with Gasteiger partial charge in [-0.05, 0) is 18.2 Å². The summed E-state index contributed by atoms with van der Waals surface area (Å²) in [5.74, 6) is 0.992. The van der Waals surface area contributed by atoms with Crippen LogP contribution in [0.2, 0.25) is 10.0 Å². The van der Waals surface area contributed by atoms with E-state index in [0.717, 1.165) is 10.2 Å². The van der Waals surface area contributed by atoms with Crippen molar-refractivity contribution in [3.63, 3.8) is 0 Å². The van der Waals surface area contributed by atoms with Gasteiger partial charge >= 0.3 is 0 Å². The maximum atomic E-state index is 12.5. The molecule has 128 valence electrons. The summed E-state index contributed by atoms with van der Waals surface area (Å²) < 4.78 is 14.0. The quantitative estimate of drug-likeness (QED) is 0.625. The molecule has 1 aromatic heterocycles. The molecule has 0 atom stereocenters. The van der Waals surface area contributed by atoms with Crippen molar-refractivity contribution in [1.82, 2.24) is 4.57 Å². The third-order valence-corrected chi connectivity index (χ3v) is 5.47. The zero-order chi connectivity index (χ0) is 17.6. The molecule has 0 N–H and O–H groups in total. The molecule has 0 spiro atoms. The van der Waals surface area contributed by atoms with Gasteiger partial charge in [0, 0.05) is 24.2 Å². The van der Waals surface area contributed by atoms with Crippen LogP contribution in [0.15, 0.2) is 35.3 Å². The van der Waals surface area contributed by atoms with Gasteiger partial charge in [-0.25, -0.2) is 0 Å². The van der Waals surface area contributed by atoms with E-state index in [2.05, 4.69) is 4.99 Å². The fourth-order valence-corrected chi connectivity index (χ4v) is 4.10. The van der Waals surface area contributed by atoms with Crippen LogP contribution in [-0.2, 0) is 7.05 Å². The Labute approximate surface area is 157 Å². The molecule has 0 radical (unpaired) electrons. The van der Waals surface area contributed by atoms with Gasteiger partial charge in [0.05, 0.1) is 20.8 Å². The van der Waals surface area contributed by atoms with Gasteiger partial charge in [0.2, 0.25) is 0 Å². The Bertz CT molecular complexity index is 1070. The van der Waals surface area contributed by atoms with Crippen LogP contribution in [0.25, 0.3) is 10.2 Å². The average molecular weight is 395 g/mol. The molecular formula is C17H12Cl2N2O3S. The maximum absolute atomic E-state index is 12.5. The maximum Gasteiger partial charge on any atom is 0.281 e. The van der Waals surface area contributed by atoms with Crippen LogP contribution in [0.3, 0.4) is 0 Å². The van der Waals surface area contributed by atoms with Crippen molar-refractivity contribution < 1.29 is 14.3 Å². The van der Waals surface area contributed by atoms with E-state index in [1.54, 1.807) is 12.1 Å². The van der Waals surface area contributed by atoms with E-state index < -0.39 is 5.91 Å². The van der Waals surface area contributed by atoms with E-state index in [9.17, 15) is 4.79 Å². The standard InChI is InChI=1S/C17H12Cl2N2O3S/c1-21-12-7-13-14(24-5-4-23-13)8-15(12)25-17(21)20-16(22)10-3-2-9(18)6-11(10)19/h2-3,6-8H,4-5H2,1H3. The van der Waals surface area contributed by atoms with Crippen molar-refractivity contribution in [1.29, 1.82) is 0 Å². The number of thiazole rings is 1. The second-order valence-corrected chi connectivity index (χ2v) is 7.30. The van der Waals surface area contributed by atoms with Gasteiger partial charge in [-0.15, -0.1) is 0 Å². The monoisotopic (exact) mass is 394 g/mol. The van der Waals surface area contributed by atoms with Crippen LogP contribution in [0.1, 0.15) is 10.4 Å². The highest BCUT2D eigenvalue weighted by molar-refractivity contribution is 7.16. The lowest BCUT2D eigenvalue weighted by atomic mass is 10.2. The smallest absolute Gasteiger partial charge is 0.281 e. The van der Waals surface area contributed by atoms with Gasteiger partial charge in [0.25, 0.3) is 5.91 Å². The fraction of sp³-hybridized carbons (Fsp3) is 0.176. The molecule has 5 nitrogen and oxygen atoms in total. The van der Waals surface area contributed by atoms with Gasteiger partial charge in [0.15, 0.2) is 16.3 Å². The number of aryl methyl sites for hydroxylation is 1. The molecule has 3 aromatic rings. The van der Waals surface area contributed by atoms with Crippen molar-refractivity contribution in [3.8, 4) is 11.5 Å². The highest BCUT2D eigenvalue weighted by Gasteiger charge is 2.16. The lowest BCUT2D eigenvalue weighted by Gasteiger charge is -2.18. The highest BCUT2D eigenvalue weighted by atomic mass is 35.5. The summed E-state index contributed by atoms with van der Waals surface area (Å²) in [6.07, 6.45) is 0. The molecule has 4 rings (SSSR count). The summed E-state index contributed by atoms with van der Waals surface area (Å²) in [5.41, 5.74) is 1.23. The van der Waals surface area contributed by atoms with Crippen molar-refractivity contribution in [3.05, 3.63) is 50.7 Å². The van der Waals surface area contributed by atoms with Gasteiger partial charge < -0.3 is 14.0 Å². The molecule has 1 aliphatic rings.